The Kier molecular flexibility index (Phi) is 4.42. The minimum Gasteiger partial charge on any atom is -0.338 e. The first kappa shape index (κ1) is 15.7. The zero-order valence-electron chi connectivity index (χ0n) is 12.6. The van der Waals surface area contributed by atoms with Crippen molar-refractivity contribution in [1.29, 1.82) is 0 Å². The Bertz CT molecular complexity index is 448. The summed E-state index contributed by atoms with van der Waals surface area (Å²) in [4.78, 5) is 6.98. The Hall–Kier alpha value is -0.650. The second kappa shape index (κ2) is 5.62. The molecule has 1 unspecified atom stereocenters. The maximum Gasteiger partial charge on any atom is 0.240 e. The molecule has 6 heteroatoms. The number of halogens is 1. The molecular weight excluding hydrogens is 276 g/mol. The van der Waals surface area contributed by atoms with Gasteiger partial charge in [-0.3, -0.25) is 4.90 Å². The third-order valence-corrected chi connectivity index (χ3v) is 4.35. The van der Waals surface area contributed by atoms with Crippen LogP contribution in [0.1, 0.15) is 45.3 Å². The molecule has 0 aliphatic carbocycles. The van der Waals surface area contributed by atoms with Crippen molar-refractivity contribution in [3.05, 3.63) is 11.7 Å². The Labute approximate surface area is 126 Å². The van der Waals surface area contributed by atoms with Gasteiger partial charge in [-0.05, 0) is 31.3 Å². The summed E-state index contributed by atoms with van der Waals surface area (Å²) in [5.74, 6) is 1.56. The van der Waals surface area contributed by atoms with Crippen molar-refractivity contribution in [3.8, 4) is 0 Å². The number of nitrogens with one attached hydrogen (secondary N) is 1. The molecule has 2 fully saturated rings. The van der Waals surface area contributed by atoms with Crippen molar-refractivity contribution in [3.63, 3.8) is 0 Å². The quantitative estimate of drug-likeness (QED) is 0.905. The fourth-order valence-corrected chi connectivity index (χ4v) is 3.12. The van der Waals surface area contributed by atoms with E-state index < -0.39 is 0 Å². The Morgan fingerprint density at radius 3 is 2.75 bits per heavy atom. The van der Waals surface area contributed by atoms with Gasteiger partial charge in [0.15, 0.2) is 5.82 Å². The maximum absolute atomic E-state index is 5.39. The summed E-state index contributed by atoms with van der Waals surface area (Å²) in [5, 5.41) is 7.58. The molecule has 1 aromatic heterocycles. The topological polar surface area (TPSA) is 54.2 Å². The highest BCUT2D eigenvalue weighted by Gasteiger charge is 2.40. The third-order valence-electron chi connectivity index (χ3n) is 4.35. The van der Waals surface area contributed by atoms with Gasteiger partial charge in [-0.1, -0.05) is 25.9 Å². The summed E-state index contributed by atoms with van der Waals surface area (Å²) >= 11 is 0. The Morgan fingerprint density at radius 1 is 1.35 bits per heavy atom. The number of hydrogen-bond acceptors (Lipinski definition) is 5. The lowest BCUT2D eigenvalue weighted by molar-refractivity contribution is 0.235. The van der Waals surface area contributed by atoms with Gasteiger partial charge in [-0.25, -0.2) is 0 Å². The van der Waals surface area contributed by atoms with Crippen LogP contribution < -0.4 is 5.32 Å². The molecule has 20 heavy (non-hydrogen) atoms. The van der Waals surface area contributed by atoms with Crippen molar-refractivity contribution < 1.29 is 4.52 Å². The van der Waals surface area contributed by atoms with Crippen molar-refractivity contribution in [2.45, 2.75) is 45.6 Å². The highest BCUT2D eigenvalue weighted by Crippen LogP contribution is 2.36. The summed E-state index contributed by atoms with van der Waals surface area (Å²) in [6.07, 6.45) is 2.60. The predicted octanol–water partition coefficient (Wildman–Crippen LogP) is 1.97. The minimum absolute atomic E-state index is 0. The van der Waals surface area contributed by atoms with Gasteiger partial charge < -0.3 is 9.84 Å². The molecule has 1 atom stereocenters. The van der Waals surface area contributed by atoms with Gasteiger partial charge in [-0.15, -0.1) is 12.4 Å². The molecule has 0 amide bonds. The van der Waals surface area contributed by atoms with Crippen molar-refractivity contribution >= 4 is 12.4 Å². The van der Waals surface area contributed by atoms with Gasteiger partial charge >= 0.3 is 0 Å². The van der Waals surface area contributed by atoms with Crippen LogP contribution in [0.15, 0.2) is 4.52 Å². The molecule has 0 aromatic carbocycles. The van der Waals surface area contributed by atoms with Crippen LogP contribution in [0.4, 0.5) is 0 Å². The number of likely N-dealkylation sites (tertiary alicyclic amines) is 1. The molecular formula is C14H25ClN4O. The Balaban J connectivity index is 0.00000147. The molecule has 3 heterocycles. The van der Waals surface area contributed by atoms with E-state index in [-0.39, 0.29) is 17.8 Å². The molecule has 114 valence electrons. The molecule has 1 N–H and O–H groups in total. The lowest BCUT2D eigenvalue weighted by Gasteiger charge is -2.21. The standard InChI is InChI=1S/C14H24N4O.ClH/c1-13(2,3)12-16-11(19-17-12)8-18-7-5-14(10-18)4-6-15-9-14;/h15H,4-10H2,1-3H3;1H. The van der Waals surface area contributed by atoms with Gasteiger partial charge in [0, 0.05) is 18.5 Å². The SMILES string of the molecule is CC(C)(C)c1noc(CN2CCC3(CCNC3)C2)n1.Cl. The van der Waals surface area contributed by atoms with Crippen LogP contribution in [0.5, 0.6) is 0 Å². The highest BCUT2D eigenvalue weighted by molar-refractivity contribution is 5.85. The zero-order chi connectivity index (χ0) is 13.5. The average molecular weight is 301 g/mol. The van der Waals surface area contributed by atoms with Gasteiger partial charge in [0.05, 0.1) is 6.54 Å². The summed E-state index contributed by atoms with van der Waals surface area (Å²) in [6, 6.07) is 0. The summed E-state index contributed by atoms with van der Waals surface area (Å²) in [6.45, 7) is 11.8. The number of aromatic nitrogens is 2. The molecule has 1 aromatic rings. The lowest BCUT2D eigenvalue weighted by Crippen LogP contribution is -2.29. The molecule has 0 radical (unpaired) electrons. The fraction of sp³-hybridized carbons (Fsp3) is 0.857. The normalized spacial score (nSPS) is 27.1. The van der Waals surface area contributed by atoms with Crippen LogP contribution in [0.3, 0.4) is 0 Å². The van der Waals surface area contributed by atoms with Crippen molar-refractivity contribution in [2.75, 3.05) is 26.2 Å². The van der Waals surface area contributed by atoms with Crippen LogP contribution in [0.2, 0.25) is 0 Å². The zero-order valence-corrected chi connectivity index (χ0v) is 13.4. The minimum atomic E-state index is -0.0383. The maximum atomic E-state index is 5.39. The molecule has 0 saturated carbocycles. The summed E-state index contributed by atoms with van der Waals surface area (Å²) < 4.78 is 5.39. The third kappa shape index (κ3) is 3.15. The largest absolute Gasteiger partial charge is 0.338 e. The predicted molar refractivity (Wildman–Crippen MR) is 80.1 cm³/mol. The smallest absolute Gasteiger partial charge is 0.240 e. The molecule has 5 nitrogen and oxygen atoms in total. The van der Waals surface area contributed by atoms with Crippen LogP contribution in [-0.2, 0) is 12.0 Å². The van der Waals surface area contributed by atoms with Gasteiger partial charge in [0.1, 0.15) is 0 Å². The van der Waals surface area contributed by atoms with E-state index in [2.05, 4.69) is 41.1 Å². The van der Waals surface area contributed by atoms with E-state index in [0.29, 0.717) is 5.41 Å². The van der Waals surface area contributed by atoms with Gasteiger partial charge in [0.2, 0.25) is 5.89 Å². The fourth-order valence-electron chi connectivity index (χ4n) is 3.12. The number of rotatable bonds is 2. The van der Waals surface area contributed by atoms with Crippen LogP contribution in [0.25, 0.3) is 0 Å². The highest BCUT2D eigenvalue weighted by atomic mass is 35.5. The number of hydrogen-bond donors (Lipinski definition) is 1. The Morgan fingerprint density at radius 2 is 2.15 bits per heavy atom. The molecule has 1 spiro atoms. The molecule has 3 rings (SSSR count). The monoisotopic (exact) mass is 300 g/mol. The second-order valence-corrected chi connectivity index (χ2v) is 7.15. The van der Waals surface area contributed by atoms with Crippen LogP contribution >= 0.6 is 12.4 Å². The van der Waals surface area contributed by atoms with Crippen LogP contribution in [-0.4, -0.2) is 41.2 Å². The van der Waals surface area contributed by atoms with Crippen molar-refractivity contribution in [1.82, 2.24) is 20.4 Å². The average Bonchev–Trinajstić information content (AvgIpc) is 3.01. The van der Waals surface area contributed by atoms with Gasteiger partial charge in [0.25, 0.3) is 0 Å². The molecule has 2 saturated heterocycles. The number of nitrogens with zero attached hydrogens (tertiary/aromatic N) is 3. The first-order valence-electron chi connectivity index (χ1n) is 7.23. The first-order valence-corrected chi connectivity index (χ1v) is 7.23. The van der Waals surface area contributed by atoms with E-state index in [1.54, 1.807) is 0 Å². The van der Waals surface area contributed by atoms with E-state index in [4.69, 9.17) is 4.52 Å². The molecule has 0 bridgehead atoms. The molecule has 2 aliphatic heterocycles. The first-order chi connectivity index (χ1) is 8.97. The van der Waals surface area contributed by atoms with Gasteiger partial charge in [-0.2, -0.15) is 4.98 Å². The van der Waals surface area contributed by atoms with E-state index in [0.717, 1.165) is 31.3 Å². The van der Waals surface area contributed by atoms with Crippen molar-refractivity contribution in [2.24, 2.45) is 5.41 Å². The molecule has 2 aliphatic rings. The lowest BCUT2D eigenvalue weighted by atomic mass is 9.87. The van der Waals surface area contributed by atoms with E-state index >= 15 is 0 Å². The van der Waals surface area contributed by atoms with Crippen LogP contribution in [0, 0.1) is 5.41 Å². The van der Waals surface area contributed by atoms with E-state index in [9.17, 15) is 0 Å². The van der Waals surface area contributed by atoms with E-state index in [1.807, 2.05) is 0 Å². The summed E-state index contributed by atoms with van der Waals surface area (Å²) in [5.41, 5.74) is 0.468. The summed E-state index contributed by atoms with van der Waals surface area (Å²) in [7, 11) is 0. The van der Waals surface area contributed by atoms with E-state index in [1.165, 1.54) is 25.9 Å². The second-order valence-electron chi connectivity index (χ2n) is 7.15.